The van der Waals surface area contributed by atoms with Crippen molar-refractivity contribution in [2.75, 3.05) is 17.4 Å². The van der Waals surface area contributed by atoms with Gasteiger partial charge in [-0.3, -0.25) is 13.4 Å². The van der Waals surface area contributed by atoms with E-state index in [0.717, 1.165) is 36.2 Å². The molecule has 1 heterocycles. The van der Waals surface area contributed by atoms with E-state index in [1.54, 1.807) is 4.31 Å². The van der Waals surface area contributed by atoms with Crippen molar-refractivity contribution in [2.24, 2.45) is 0 Å². The van der Waals surface area contributed by atoms with Crippen LogP contribution in [0.3, 0.4) is 0 Å². The van der Waals surface area contributed by atoms with Crippen LogP contribution in [0, 0.1) is 0 Å². The Bertz CT molecular complexity index is 1020. The molecular formula is C24H28ClN3O2S. The molecule has 0 amide bonds. The lowest BCUT2D eigenvalue weighted by molar-refractivity contribution is 0.480. The van der Waals surface area contributed by atoms with Crippen LogP contribution in [0.1, 0.15) is 16.7 Å². The summed E-state index contributed by atoms with van der Waals surface area (Å²) in [7, 11) is -2.91. The van der Waals surface area contributed by atoms with Crippen LogP contribution in [-0.2, 0) is 19.4 Å². The van der Waals surface area contributed by atoms with E-state index in [1.807, 2.05) is 18.2 Å². The molecule has 4 N–H and O–H groups in total. The number of rotatable bonds is 5. The molecule has 2 aliphatic rings. The Morgan fingerprint density at radius 1 is 0.903 bits per heavy atom. The number of benzene rings is 3. The number of halogens is 1. The molecule has 1 aliphatic heterocycles. The summed E-state index contributed by atoms with van der Waals surface area (Å²) in [6, 6.07) is 25.8. The maximum Gasteiger partial charge on any atom is 0.0589 e. The van der Waals surface area contributed by atoms with E-state index in [9.17, 15) is 9.11 Å². The lowest BCUT2D eigenvalue weighted by atomic mass is 10.0. The minimum absolute atomic E-state index is 0. The van der Waals surface area contributed by atoms with Crippen molar-refractivity contribution in [3.05, 3.63) is 89.5 Å². The van der Waals surface area contributed by atoms with Crippen LogP contribution >= 0.6 is 23.4 Å². The molecule has 0 radical (unpaired) electrons. The van der Waals surface area contributed by atoms with Gasteiger partial charge in [0.2, 0.25) is 0 Å². The third kappa shape index (κ3) is 4.75. The molecule has 1 fully saturated rings. The van der Waals surface area contributed by atoms with Gasteiger partial charge < -0.3 is 5.32 Å². The van der Waals surface area contributed by atoms with Crippen molar-refractivity contribution in [3.8, 4) is 11.1 Å². The van der Waals surface area contributed by atoms with Crippen molar-refractivity contribution in [1.82, 2.24) is 10.0 Å². The van der Waals surface area contributed by atoms with Gasteiger partial charge >= 0.3 is 0 Å². The van der Waals surface area contributed by atoms with E-state index < -0.39 is 11.0 Å². The first-order chi connectivity index (χ1) is 14.6. The maximum atomic E-state index is 10.2. The Kier molecular flexibility index (Phi) is 6.57. The van der Waals surface area contributed by atoms with Gasteiger partial charge in [-0.25, -0.2) is 0 Å². The summed E-state index contributed by atoms with van der Waals surface area (Å²) in [5.74, 6) is 0. The molecule has 0 saturated carbocycles. The highest BCUT2D eigenvalue weighted by Gasteiger charge is 2.28. The van der Waals surface area contributed by atoms with E-state index in [1.165, 1.54) is 16.7 Å². The summed E-state index contributed by atoms with van der Waals surface area (Å²) in [5, 5.41) is 3.69. The van der Waals surface area contributed by atoms with Crippen LogP contribution in [0.25, 0.3) is 11.1 Å². The molecular weight excluding hydrogens is 430 g/mol. The number of nitrogens with zero attached hydrogens (tertiary/aromatic N) is 1. The van der Waals surface area contributed by atoms with Gasteiger partial charge in [0.1, 0.15) is 0 Å². The van der Waals surface area contributed by atoms with Crippen LogP contribution in [-0.4, -0.2) is 28.2 Å². The molecule has 0 unspecified atom stereocenters. The van der Waals surface area contributed by atoms with Gasteiger partial charge in [0, 0.05) is 19.1 Å². The Morgan fingerprint density at radius 3 is 2.26 bits per heavy atom. The summed E-state index contributed by atoms with van der Waals surface area (Å²) < 4.78 is 24.7. The largest absolute Gasteiger partial charge is 0.309 e. The van der Waals surface area contributed by atoms with Gasteiger partial charge in [-0.05, 0) is 52.8 Å². The SMILES string of the molecule is Cl.OS1(O)NCCN1c1cccc(-c2ccc(CNC3Cc4ccccc4C3)cc2)c1. The van der Waals surface area contributed by atoms with Gasteiger partial charge in [-0.1, -0.05) is 71.6 Å². The fourth-order valence-electron chi connectivity index (χ4n) is 4.39. The third-order valence-electron chi connectivity index (χ3n) is 5.99. The molecule has 0 spiro atoms. The Hall–Kier alpha value is -2.06. The molecule has 164 valence electrons. The predicted octanol–water partition coefficient (Wildman–Crippen LogP) is 5.02. The molecule has 0 aromatic heterocycles. The summed E-state index contributed by atoms with van der Waals surface area (Å²) >= 11 is 0. The second-order valence-electron chi connectivity index (χ2n) is 8.02. The van der Waals surface area contributed by atoms with Crippen molar-refractivity contribution < 1.29 is 9.11 Å². The van der Waals surface area contributed by atoms with E-state index >= 15 is 0 Å². The normalized spacial score (nSPS) is 18.5. The predicted molar refractivity (Wildman–Crippen MR) is 132 cm³/mol. The number of hydrogen-bond donors (Lipinski definition) is 4. The molecule has 7 heteroatoms. The van der Waals surface area contributed by atoms with Gasteiger partial charge in [-0.15, -0.1) is 12.4 Å². The van der Waals surface area contributed by atoms with Crippen molar-refractivity contribution in [2.45, 2.75) is 25.4 Å². The highest BCUT2D eigenvalue weighted by atomic mass is 35.5. The van der Waals surface area contributed by atoms with E-state index in [2.05, 4.69) is 64.6 Å². The van der Waals surface area contributed by atoms with Crippen LogP contribution in [0.15, 0.2) is 72.8 Å². The molecule has 5 rings (SSSR count). The smallest absolute Gasteiger partial charge is 0.0589 e. The minimum Gasteiger partial charge on any atom is -0.309 e. The lowest BCUT2D eigenvalue weighted by Gasteiger charge is -2.37. The summed E-state index contributed by atoms with van der Waals surface area (Å²) in [5.41, 5.74) is 7.22. The number of fused-ring (bicyclic) bond motifs is 1. The fraction of sp³-hybridized carbons (Fsp3) is 0.250. The molecule has 1 aliphatic carbocycles. The van der Waals surface area contributed by atoms with E-state index in [0.29, 0.717) is 19.1 Å². The first-order valence-corrected chi connectivity index (χ1v) is 11.9. The van der Waals surface area contributed by atoms with Gasteiger partial charge in [0.05, 0.1) is 12.2 Å². The molecule has 3 aromatic rings. The average Bonchev–Trinajstić information content (AvgIpc) is 3.34. The average molecular weight is 458 g/mol. The molecule has 3 aromatic carbocycles. The maximum absolute atomic E-state index is 10.2. The van der Waals surface area contributed by atoms with Crippen LogP contribution < -0.4 is 14.3 Å². The Balaban J connectivity index is 0.00000231. The first-order valence-electron chi connectivity index (χ1n) is 10.4. The molecule has 31 heavy (non-hydrogen) atoms. The lowest BCUT2D eigenvalue weighted by Crippen LogP contribution is -2.28. The third-order valence-corrected chi connectivity index (χ3v) is 7.58. The summed E-state index contributed by atoms with van der Waals surface area (Å²) in [6.07, 6.45) is 2.21. The summed E-state index contributed by atoms with van der Waals surface area (Å²) in [6.45, 7) is 2.01. The zero-order chi connectivity index (χ0) is 20.6. The van der Waals surface area contributed by atoms with Crippen molar-refractivity contribution in [3.63, 3.8) is 0 Å². The van der Waals surface area contributed by atoms with Gasteiger partial charge in [-0.2, -0.15) is 4.72 Å². The van der Waals surface area contributed by atoms with Crippen LogP contribution in [0.4, 0.5) is 5.69 Å². The second kappa shape index (κ2) is 9.20. The fourth-order valence-corrected chi connectivity index (χ4v) is 5.66. The van der Waals surface area contributed by atoms with Crippen molar-refractivity contribution >= 4 is 29.1 Å². The molecule has 0 atom stereocenters. The first kappa shape index (κ1) is 22.1. The van der Waals surface area contributed by atoms with Crippen LogP contribution in [0.2, 0.25) is 0 Å². The second-order valence-corrected chi connectivity index (χ2v) is 9.78. The standard InChI is InChI=1S/C24H27N3O2S.ClH/c28-30(29)26-12-13-27(30)24-7-3-6-22(16-24)19-10-8-18(9-11-19)17-25-23-14-20-4-1-2-5-21(20)15-23;/h1-11,16,23,25-26,28-29H,12-15,17H2;1H. The number of anilines is 1. The van der Waals surface area contributed by atoms with Gasteiger partial charge in [0.25, 0.3) is 0 Å². The molecule has 1 saturated heterocycles. The topological polar surface area (TPSA) is 67.8 Å². The van der Waals surface area contributed by atoms with Crippen LogP contribution in [0.5, 0.6) is 0 Å². The number of nitrogens with one attached hydrogen (secondary N) is 2. The Labute approximate surface area is 191 Å². The molecule has 0 bridgehead atoms. The van der Waals surface area contributed by atoms with E-state index in [4.69, 9.17) is 0 Å². The Morgan fingerprint density at radius 2 is 1.61 bits per heavy atom. The monoisotopic (exact) mass is 457 g/mol. The highest BCUT2D eigenvalue weighted by Crippen LogP contribution is 2.45. The van der Waals surface area contributed by atoms with Crippen molar-refractivity contribution in [1.29, 1.82) is 0 Å². The highest BCUT2D eigenvalue weighted by molar-refractivity contribution is 8.24. The zero-order valence-electron chi connectivity index (χ0n) is 17.2. The molecule has 5 nitrogen and oxygen atoms in total. The zero-order valence-corrected chi connectivity index (χ0v) is 18.8. The summed E-state index contributed by atoms with van der Waals surface area (Å²) in [4.78, 5) is 0. The van der Waals surface area contributed by atoms with E-state index in [-0.39, 0.29) is 12.4 Å². The minimum atomic E-state index is -2.91. The quantitative estimate of drug-likeness (QED) is 0.433. The van der Waals surface area contributed by atoms with Gasteiger partial charge in [0.15, 0.2) is 0 Å². The number of hydrogen-bond acceptors (Lipinski definition) is 5.